The van der Waals surface area contributed by atoms with Crippen molar-refractivity contribution in [2.45, 2.75) is 11.4 Å². The third-order valence-electron chi connectivity index (χ3n) is 3.99. The summed E-state index contributed by atoms with van der Waals surface area (Å²) in [5.41, 5.74) is 0.816. The number of aromatic nitrogens is 1. The molecule has 0 aliphatic rings. The second-order valence-corrected chi connectivity index (χ2v) is 8.72. The molecule has 0 saturated heterocycles. The third-order valence-corrected chi connectivity index (χ3v) is 6.30. The maximum absolute atomic E-state index is 13.2. The van der Waals surface area contributed by atoms with Crippen molar-refractivity contribution in [3.8, 4) is 0 Å². The van der Waals surface area contributed by atoms with E-state index < -0.39 is 22.5 Å². The number of hydrogen-bond acceptors (Lipinski definition) is 4. The molecular formula is C20H17Cl2N3O3S. The van der Waals surface area contributed by atoms with Crippen LogP contribution in [-0.4, -0.2) is 25.9 Å². The molecular weight excluding hydrogens is 433 g/mol. The van der Waals surface area contributed by atoms with Crippen LogP contribution < -0.4 is 9.62 Å². The van der Waals surface area contributed by atoms with E-state index in [1.165, 1.54) is 30.3 Å². The van der Waals surface area contributed by atoms with Gasteiger partial charge in [0.2, 0.25) is 5.91 Å². The molecule has 0 spiro atoms. The predicted octanol–water partition coefficient (Wildman–Crippen LogP) is 3.90. The van der Waals surface area contributed by atoms with Crippen LogP contribution >= 0.6 is 23.2 Å². The smallest absolute Gasteiger partial charge is 0.264 e. The summed E-state index contributed by atoms with van der Waals surface area (Å²) >= 11 is 12.2. The molecule has 0 aliphatic carbocycles. The average Bonchev–Trinajstić information content (AvgIpc) is 2.72. The SMILES string of the molecule is O=C(CN(c1ccc(Cl)cc1Cl)S(=O)(=O)c1ccccc1)NCc1ccccn1. The molecule has 6 nitrogen and oxygen atoms in total. The molecule has 0 radical (unpaired) electrons. The fraction of sp³-hybridized carbons (Fsp3) is 0.100. The lowest BCUT2D eigenvalue weighted by Crippen LogP contribution is -2.40. The van der Waals surface area contributed by atoms with Gasteiger partial charge in [0.25, 0.3) is 10.0 Å². The Balaban J connectivity index is 1.90. The molecule has 1 aromatic heterocycles. The van der Waals surface area contributed by atoms with Crippen molar-refractivity contribution < 1.29 is 13.2 Å². The van der Waals surface area contributed by atoms with Crippen molar-refractivity contribution in [2.75, 3.05) is 10.8 Å². The lowest BCUT2D eigenvalue weighted by atomic mass is 10.3. The first-order valence-electron chi connectivity index (χ1n) is 8.57. The second-order valence-electron chi connectivity index (χ2n) is 6.02. The van der Waals surface area contributed by atoms with E-state index in [-0.39, 0.29) is 22.2 Å². The summed E-state index contributed by atoms with van der Waals surface area (Å²) in [6, 6.07) is 17.6. The van der Waals surface area contributed by atoms with Crippen LogP contribution in [0.2, 0.25) is 10.0 Å². The van der Waals surface area contributed by atoms with E-state index in [2.05, 4.69) is 10.3 Å². The number of pyridine rings is 1. The van der Waals surface area contributed by atoms with Crippen LogP contribution in [0.3, 0.4) is 0 Å². The number of hydrogen-bond donors (Lipinski definition) is 1. The standard InChI is InChI=1S/C20H17Cl2N3O3S/c21-15-9-10-19(18(22)12-15)25(29(27,28)17-7-2-1-3-8-17)14-20(26)24-13-16-6-4-5-11-23-16/h1-12H,13-14H2,(H,24,26). The highest BCUT2D eigenvalue weighted by Gasteiger charge is 2.28. The lowest BCUT2D eigenvalue weighted by Gasteiger charge is -2.25. The summed E-state index contributed by atoms with van der Waals surface area (Å²) in [6.07, 6.45) is 1.61. The zero-order chi connectivity index (χ0) is 20.9. The molecule has 0 aliphatic heterocycles. The maximum Gasteiger partial charge on any atom is 0.264 e. The predicted molar refractivity (Wildman–Crippen MR) is 114 cm³/mol. The Hall–Kier alpha value is -2.61. The minimum Gasteiger partial charge on any atom is -0.349 e. The van der Waals surface area contributed by atoms with Gasteiger partial charge in [-0.3, -0.25) is 14.1 Å². The number of carbonyl (C=O) groups excluding carboxylic acids is 1. The molecule has 0 bridgehead atoms. The van der Waals surface area contributed by atoms with E-state index in [1.807, 2.05) is 0 Å². The summed E-state index contributed by atoms with van der Waals surface area (Å²) in [5, 5.41) is 3.15. The van der Waals surface area contributed by atoms with Crippen LogP contribution in [-0.2, 0) is 21.4 Å². The van der Waals surface area contributed by atoms with Gasteiger partial charge in [-0.2, -0.15) is 0 Å². The van der Waals surface area contributed by atoms with Crippen LogP contribution in [0, 0.1) is 0 Å². The Morgan fingerprint density at radius 2 is 1.72 bits per heavy atom. The van der Waals surface area contributed by atoms with E-state index in [0.717, 1.165) is 4.31 Å². The van der Waals surface area contributed by atoms with Gasteiger partial charge in [0.1, 0.15) is 6.54 Å². The molecule has 3 aromatic rings. The van der Waals surface area contributed by atoms with Gasteiger partial charge in [-0.15, -0.1) is 0 Å². The van der Waals surface area contributed by atoms with Crippen LogP contribution in [0.25, 0.3) is 0 Å². The Kier molecular flexibility index (Phi) is 6.74. The quantitative estimate of drug-likeness (QED) is 0.592. The largest absolute Gasteiger partial charge is 0.349 e. The molecule has 3 rings (SSSR count). The number of sulfonamides is 1. The fourth-order valence-electron chi connectivity index (χ4n) is 2.58. The average molecular weight is 450 g/mol. The Labute approximate surface area is 179 Å². The number of carbonyl (C=O) groups is 1. The van der Waals surface area contributed by atoms with E-state index >= 15 is 0 Å². The zero-order valence-corrected chi connectivity index (χ0v) is 17.5. The minimum absolute atomic E-state index is 0.0449. The molecule has 0 unspecified atom stereocenters. The zero-order valence-electron chi connectivity index (χ0n) is 15.1. The third kappa shape index (κ3) is 5.26. The number of rotatable bonds is 7. The van der Waals surface area contributed by atoms with Crippen LogP contribution in [0.1, 0.15) is 5.69 Å². The van der Waals surface area contributed by atoms with E-state index in [0.29, 0.717) is 10.7 Å². The highest BCUT2D eigenvalue weighted by molar-refractivity contribution is 7.92. The van der Waals surface area contributed by atoms with Gasteiger partial charge >= 0.3 is 0 Å². The van der Waals surface area contributed by atoms with Crippen LogP contribution in [0.4, 0.5) is 5.69 Å². The Morgan fingerprint density at radius 3 is 2.38 bits per heavy atom. The first-order valence-corrected chi connectivity index (χ1v) is 10.8. The number of amides is 1. The summed E-state index contributed by atoms with van der Waals surface area (Å²) in [7, 11) is -4.04. The van der Waals surface area contributed by atoms with E-state index in [4.69, 9.17) is 23.2 Å². The molecule has 150 valence electrons. The van der Waals surface area contributed by atoms with E-state index in [9.17, 15) is 13.2 Å². The normalized spacial score (nSPS) is 11.1. The topological polar surface area (TPSA) is 79.4 Å². The summed E-state index contributed by atoms with van der Waals surface area (Å²) in [6.45, 7) is -0.279. The van der Waals surface area contributed by atoms with Crippen molar-refractivity contribution in [3.63, 3.8) is 0 Å². The van der Waals surface area contributed by atoms with Crippen molar-refractivity contribution in [3.05, 3.63) is 88.7 Å². The molecule has 9 heteroatoms. The lowest BCUT2D eigenvalue weighted by molar-refractivity contribution is -0.119. The van der Waals surface area contributed by atoms with Gasteiger partial charge in [-0.1, -0.05) is 47.5 Å². The van der Waals surface area contributed by atoms with Gasteiger partial charge in [0, 0.05) is 11.2 Å². The molecule has 0 saturated carbocycles. The Bertz CT molecular complexity index is 1090. The van der Waals surface area contributed by atoms with Crippen LogP contribution in [0.15, 0.2) is 77.8 Å². The molecule has 29 heavy (non-hydrogen) atoms. The van der Waals surface area contributed by atoms with Crippen molar-refractivity contribution in [1.82, 2.24) is 10.3 Å². The van der Waals surface area contributed by atoms with Gasteiger partial charge in [-0.25, -0.2) is 8.42 Å². The maximum atomic E-state index is 13.2. The van der Waals surface area contributed by atoms with E-state index in [1.54, 1.807) is 42.6 Å². The van der Waals surface area contributed by atoms with Gasteiger partial charge < -0.3 is 5.32 Å². The number of halogens is 2. The molecule has 1 heterocycles. The number of nitrogens with one attached hydrogen (secondary N) is 1. The summed E-state index contributed by atoms with van der Waals surface area (Å²) < 4.78 is 27.4. The first-order chi connectivity index (χ1) is 13.9. The van der Waals surface area contributed by atoms with Crippen molar-refractivity contribution in [1.29, 1.82) is 0 Å². The molecule has 0 atom stereocenters. The monoisotopic (exact) mass is 449 g/mol. The molecule has 1 N–H and O–H groups in total. The van der Waals surface area contributed by atoms with Crippen molar-refractivity contribution >= 4 is 44.8 Å². The molecule has 0 fully saturated rings. The number of nitrogens with zero attached hydrogens (tertiary/aromatic N) is 2. The highest BCUT2D eigenvalue weighted by Crippen LogP contribution is 2.32. The summed E-state index contributed by atoms with van der Waals surface area (Å²) in [5.74, 6) is -0.499. The van der Waals surface area contributed by atoms with Gasteiger partial charge in [0.15, 0.2) is 0 Å². The first kappa shape index (κ1) is 21.1. The highest BCUT2D eigenvalue weighted by atomic mass is 35.5. The number of benzene rings is 2. The minimum atomic E-state index is -4.04. The van der Waals surface area contributed by atoms with Gasteiger partial charge in [0.05, 0.1) is 27.8 Å². The van der Waals surface area contributed by atoms with Gasteiger partial charge in [-0.05, 0) is 42.5 Å². The number of anilines is 1. The van der Waals surface area contributed by atoms with Crippen LogP contribution in [0.5, 0.6) is 0 Å². The molecule has 1 amide bonds. The Morgan fingerprint density at radius 1 is 1.00 bits per heavy atom. The fourth-order valence-corrected chi connectivity index (χ4v) is 4.60. The summed E-state index contributed by atoms with van der Waals surface area (Å²) in [4.78, 5) is 16.7. The molecule has 2 aromatic carbocycles. The van der Waals surface area contributed by atoms with Crippen molar-refractivity contribution in [2.24, 2.45) is 0 Å². The second kappa shape index (κ2) is 9.26.